The minimum Gasteiger partial charge on any atom is -0.463 e. The molecule has 72 valence electrons. The van der Waals surface area contributed by atoms with Gasteiger partial charge in [-0.05, 0) is 12.5 Å². The van der Waals surface area contributed by atoms with Crippen molar-refractivity contribution in [2.24, 2.45) is 0 Å². The fourth-order valence-corrected chi connectivity index (χ4v) is 1.08. The van der Waals surface area contributed by atoms with Crippen molar-refractivity contribution in [3.63, 3.8) is 0 Å². The Bertz CT molecular complexity index is 243. The molecular weight excluding hydrogens is 168 g/mol. The molecule has 0 saturated carbocycles. The van der Waals surface area contributed by atoms with Crippen molar-refractivity contribution in [3.8, 4) is 0 Å². The molecular formula is C10H14O3. The molecule has 0 saturated heterocycles. The highest BCUT2D eigenvalue weighted by Gasteiger charge is 2.34. The second kappa shape index (κ2) is 4.23. The Kier molecular flexibility index (Phi) is 3.25. The number of hydrogen-bond acceptors (Lipinski definition) is 3. The third kappa shape index (κ3) is 2.42. The van der Waals surface area contributed by atoms with Gasteiger partial charge in [-0.1, -0.05) is 25.2 Å². The van der Waals surface area contributed by atoms with Crippen LogP contribution in [0.4, 0.5) is 0 Å². The highest BCUT2D eigenvalue weighted by Crippen LogP contribution is 2.19. The molecule has 0 aliphatic heterocycles. The van der Waals surface area contributed by atoms with Gasteiger partial charge in [0.25, 0.3) is 0 Å². The first-order valence-electron chi connectivity index (χ1n) is 4.43. The van der Waals surface area contributed by atoms with Gasteiger partial charge in [0.1, 0.15) is 0 Å². The number of aliphatic hydroxyl groups is 1. The van der Waals surface area contributed by atoms with Gasteiger partial charge in [0.15, 0.2) is 5.60 Å². The molecule has 0 aromatic carbocycles. The molecule has 0 fully saturated rings. The summed E-state index contributed by atoms with van der Waals surface area (Å²) in [5, 5.41) is 9.75. The predicted molar refractivity (Wildman–Crippen MR) is 49.1 cm³/mol. The monoisotopic (exact) mass is 182 g/mol. The molecule has 0 bridgehead atoms. The summed E-state index contributed by atoms with van der Waals surface area (Å²) in [5.41, 5.74) is -1.44. The molecule has 1 atom stereocenters. The van der Waals surface area contributed by atoms with Crippen LogP contribution in [0.2, 0.25) is 0 Å². The van der Waals surface area contributed by atoms with Gasteiger partial charge in [-0.25, -0.2) is 4.79 Å². The minimum absolute atomic E-state index is 0.298. The number of carbonyl (C=O) groups is 1. The molecule has 0 spiro atoms. The number of allylic oxidation sites excluding steroid dienone is 2. The van der Waals surface area contributed by atoms with E-state index < -0.39 is 11.6 Å². The lowest BCUT2D eigenvalue weighted by molar-refractivity contribution is -0.160. The second-order valence-corrected chi connectivity index (χ2v) is 3.05. The van der Waals surface area contributed by atoms with Gasteiger partial charge in [-0.2, -0.15) is 0 Å². The maximum atomic E-state index is 11.3. The zero-order valence-electron chi connectivity index (χ0n) is 7.69. The summed E-state index contributed by atoms with van der Waals surface area (Å²) in [4.78, 5) is 11.3. The molecule has 1 aliphatic carbocycles. The van der Waals surface area contributed by atoms with Gasteiger partial charge in [0.2, 0.25) is 0 Å². The van der Waals surface area contributed by atoms with E-state index in [1.165, 1.54) is 6.08 Å². The summed E-state index contributed by atoms with van der Waals surface area (Å²) in [6.45, 7) is 2.27. The highest BCUT2D eigenvalue weighted by atomic mass is 16.5. The van der Waals surface area contributed by atoms with Crippen LogP contribution in [-0.4, -0.2) is 23.3 Å². The van der Waals surface area contributed by atoms with Crippen LogP contribution in [0.3, 0.4) is 0 Å². The summed E-state index contributed by atoms with van der Waals surface area (Å²) < 4.78 is 4.86. The Hall–Kier alpha value is -1.09. The third-order valence-electron chi connectivity index (χ3n) is 1.84. The van der Waals surface area contributed by atoms with Gasteiger partial charge < -0.3 is 9.84 Å². The smallest absolute Gasteiger partial charge is 0.342 e. The predicted octanol–water partition coefficient (Wildman–Crippen LogP) is 1.19. The Labute approximate surface area is 77.7 Å². The van der Waals surface area contributed by atoms with Crippen molar-refractivity contribution in [3.05, 3.63) is 24.3 Å². The average molecular weight is 182 g/mol. The first-order chi connectivity index (χ1) is 6.19. The molecule has 3 heteroatoms. The zero-order valence-corrected chi connectivity index (χ0v) is 7.69. The van der Waals surface area contributed by atoms with E-state index in [-0.39, 0.29) is 0 Å². The molecule has 1 unspecified atom stereocenters. The van der Waals surface area contributed by atoms with Crippen molar-refractivity contribution in [1.29, 1.82) is 0 Å². The number of ether oxygens (including phenoxy) is 1. The standard InChI is InChI=1S/C10H14O3/c1-2-8-13-9(11)10(12)6-4-3-5-7-10/h3-6,12H,2,7-8H2,1H3. The first kappa shape index (κ1) is 9.99. The number of rotatable bonds is 3. The van der Waals surface area contributed by atoms with Gasteiger partial charge in [-0.3, -0.25) is 0 Å². The second-order valence-electron chi connectivity index (χ2n) is 3.05. The Morgan fingerprint density at radius 1 is 1.62 bits per heavy atom. The summed E-state index contributed by atoms with van der Waals surface area (Å²) in [6.07, 6.45) is 7.71. The van der Waals surface area contributed by atoms with Crippen LogP contribution in [-0.2, 0) is 9.53 Å². The number of hydrogen-bond donors (Lipinski definition) is 1. The van der Waals surface area contributed by atoms with Crippen LogP contribution in [0.25, 0.3) is 0 Å². The van der Waals surface area contributed by atoms with E-state index in [9.17, 15) is 9.90 Å². The van der Waals surface area contributed by atoms with E-state index in [2.05, 4.69) is 0 Å². The molecule has 1 aliphatic rings. The topological polar surface area (TPSA) is 46.5 Å². The fraction of sp³-hybridized carbons (Fsp3) is 0.500. The molecule has 0 heterocycles. The maximum absolute atomic E-state index is 11.3. The number of carbonyl (C=O) groups excluding carboxylic acids is 1. The molecule has 0 aromatic rings. The van der Waals surface area contributed by atoms with Crippen molar-refractivity contribution < 1.29 is 14.6 Å². The zero-order chi connectivity index (χ0) is 9.73. The molecule has 13 heavy (non-hydrogen) atoms. The van der Waals surface area contributed by atoms with Crippen molar-refractivity contribution >= 4 is 5.97 Å². The summed E-state index contributed by atoms with van der Waals surface area (Å²) >= 11 is 0. The SMILES string of the molecule is CCCOC(=O)C1(O)C=CC=CC1. The lowest BCUT2D eigenvalue weighted by Crippen LogP contribution is -2.38. The van der Waals surface area contributed by atoms with E-state index in [0.29, 0.717) is 13.0 Å². The van der Waals surface area contributed by atoms with Crippen LogP contribution in [0, 0.1) is 0 Å². The maximum Gasteiger partial charge on any atom is 0.342 e. The van der Waals surface area contributed by atoms with Crippen LogP contribution >= 0.6 is 0 Å². The average Bonchev–Trinajstić information content (AvgIpc) is 2.15. The Balaban J connectivity index is 2.54. The lowest BCUT2D eigenvalue weighted by Gasteiger charge is -2.22. The van der Waals surface area contributed by atoms with Gasteiger partial charge >= 0.3 is 5.97 Å². The molecule has 0 aromatic heterocycles. The van der Waals surface area contributed by atoms with Crippen LogP contribution in [0.5, 0.6) is 0 Å². The van der Waals surface area contributed by atoms with E-state index in [1.54, 1.807) is 18.2 Å². The van der Waals surface area contributed by atoms with Crippen molar-refractivity contribution in [1.82, 2.24) is 0 Å². The first-order valence-corrected chi connectivity index (χ1v) is 4.43. The normalized spacial score (nSPS) is 26.0. The Morgan fingerprint density at radius 3 is 2.92 bits per heavy atom. The van der Waals surface area contributed by atoms with E-state index in [1.807, 2.05) is 6.92 Å². The molecule has 0 amide bonds. The highest BCUT2D eigenvalue weighted by molar-refractivity contribution is 5.82. The van der Waals surface area contributed by atoms with Gasteiger partial charge in [0.05, 0.1) is 6.61 Å². The van der Waals surface area contributed by atoms with Crippen LogP contribution in [0.1, 0.15) is 19.8 Å². The van der Waals surface area contributed by atoms with Gasteiger partial charge in [-0.15, -0.1) is 0 Å². The Morgan fingerprint density at radius 2 is 2.38 bits per heavy atom. The van der Waals surface area contributed by atoms with E-state index in [4.69, 9.17) is 4.74 Å². The summed E-state index contributed by atoms with van der Waals surface area (Å²) in [5.74, 6) is -0.560. The quantitative estimate of drug-likeness (QED) is 0.667. The largest absolute Gasteiger partial charge is 0.463 e. The molecule has 0 radical (unpaired) electrons. The van der Waals surface area contributed by atoms with Crippen molar-refractivity contribution in [2.45, 2.75) is 25.4 Å². The third-order valence-corrected chi connectivity index (χ3v) is 1.84. The fourth-order valence-electron chi connectivity index (χ4n) is 1.08. The lowest BCUT2D eigenvalue weighted by atomic mass is 9.96. The van der Waals surface area contributed by atoms with E-state index >= 15 is 0 Å². The van der Waals surface area contributed by atoms with E-state index in [0.717, 1.165) is 6.42 Å². The minimum atomic E-state index is -1.44. The molecule has 1 rings (SSSR count). The van der Waals surface area contributed by atoms with Crippen LogP contribution < -0.4 is 0 Å². The number of esters is 1. The van der Waals surface area contributed by atoms with Gasteiger partial charge in [0, 0.05) is 6.42 Å². The summed E-state index contributed by atoms with van der Waals surface area (Å²) in [7, 11) is 0. The van der Waals surface area contributed by atoms with Crippen LogP contribution in [0.15, 0.2) is 24.3 Å². The molecule has 3 nitrogen and oxygen atoms in total. The summed E-state index contributed by atoms with van der Waals surface area (Å²) in [6, 6.07) is 0. The molecule has 1 N–H and O–H groups in total. The van der Waals surface area contributed by atoms with Crippen molar-refractivity contribution in [2.75, 3.05) is 6.61 Å².